The molecule has 2 saturated heterocycles. The monoisotopic (exact) mass is 807 g/mol. The standard InChI is InChI=1S/C45H74O12/c1-12-33-17-15-13-14-16-26(4)42(52)44(11,54)43(53)31(9)40(51)30(8)39(50)29(7)38(49)25(3)18-19-37(48)55-41-28(6)36(23-34(33)47)57-45(32(41)10)21-20-24(2)35(56-45)22-27(5)46/h13-15,17-19,24-36,38,40-42,46-47,49,51-52,54H,12,16,20-23H2,1-11H3/b14-13+,17-15+,19-18+. The molecule has 19 atom stereocenters. The maximum atomic E-state index is 13.5. The average molecular weight is 807 g/mol. The molecule has 0 aliphatic carbocycles. The minimum atomic E-state index is -2.22. The number of aliphatic hydroxyl groups is 6. The maximum absolute atomic E-state index is 13.5. The van der Waals surface area contributed by atoms with E-state index >= 15 is 0 Å². The van der Waals surface area contributed by atoms with E-state index in [9.17, 15) is 45.0 Å². The number of hydrogen-bond acceptors (Lipinski definition) is 12. The Hall–Kier alpha value is -2.29. The van der Waals surface area contributed by atoms with E-state index in [1.807, 2.05) is 32.9 Å². The highest BCUT2D eigenvalue weighted by Gasteiger charge is 2.56. The van der Waals surface area contributed by atoms with Crippen LogP contribution in [-0.2, 0) is 28.6 Å². The van der Waals surface area contributed by atoms with Crippen LogP contribution in [0.4, 0.5) is 0 Å². The highest BCUT2D eigenvalue weighted by atomic mass is 16.7. The third kappa shape index (κ3) is 11.7. The van der Waals surface area contributed by atoms with Crippen molar-refractivity contribution < 1.29 is 59.2 Å². The van der Waals surface area contributed by atoms with Crippen molar-refractivity contribution in [2.45, 2.75) is 175 Å². The van der Waals surface area contributed by atoms with Gasteiger partial charge in [0.05, 0.1) is 42.7 Å². The fourth-order valence-electron chi connectivity index (χ4n) is 9.07. The van der Waals surface area contributed by atoms with Crippen molar-refractivity contribution >= 4 is 17.5 Å². The summed E-state index contributed by atoms with van der Waals surface area (Å²) in [5, 5.41) is 66.7. The number of ketones is 2. The molecule has 0 aromatic rings. The van der Waals surface area contributed by atoms with Gasteiger partial charge >= 0.3 is 5.97 Å². The Kier molecular flexibility index (Phi) is 17.9. The van der Waals surface area contributed by atoms with E-state index in [2.05, 4.69) is 6.92 Å². The molecule has 6 N–H and O–H groups in total. The average Bonchev–Trinajstić information content (AvgIpc) is 3.17. The molecule has 0 aromatic carbocycles. The summed E-state index contributed by atoms with van der Waals surface area (Å²) in [4.78, 5) is 40.6. The molecule has 0 amide bonds. The van der Waals surface area contributed by atoms with Gasteiger partial charge in [-0.1, -0.05) is 92.7 Å². The lowest BCUT2D eigenvalue weighted by molar-refractivity contribution is -0.372. The van der Waals surface area contributed by atoms with Crippen LogP contribution < -0.4 is 0 Å². The van der Waals surface area contributed by atoms with Crippen molar-refractivity contribution in [1.82, 2.24) is 0 Å². The van der Waals surface area contributed by atoms with Crippen molar-refractivity contribution in [3.8, 4) is 0 Å². The van der Waals surface area contributed by atoms with Gasteiger partial charge in [0.25, 0.3) is 0 Å². The Bertz CT molecular complexity index is 1420. The second kappa shape index (κ2) is 20.8. The van der Waals surface area contributed by atoms with Crippen LogP contribution in [0.3, 0.4) is 0 Å². The summed E-state index contributed by atoms with van der Waals surface area (Å²) in [6.07, 6.45) is 5.74. The van der Waals surface area contributed by atoms with Gasteiger partial charge in [-0.25, -0.2) is 4.79 Å². The van der Waals surface area contributed by atoms with Crippen LogP contribution in [0.1, 0.15) is 115 Å². The lowest BCUT2D eigenvalue weighted by atomic mass is 9.74. The van der Waals surface area contributed by atoms with E-state index in [0.717, 1.165) is 6.42 Å². The van der Waals surface area contributed by atoms with Crippen LogP contribution >= 0.6 is 0 Å². The first kappa shape index (κ1) is 49.1. The van der Waals surface area contributed by atoms with Crippen LogP contribution in [0.5, 0.6) is 0 Å². The Morgan fingerprint density at radius 2 is 1.49 bits per heavy atom. The zero-order valence-corrected chi connectivity index (χ0v) is 36.2. The summed E-state index contributed by atoms with van der Waals surface area (Å²) in [6.45, 7) is 18.6. The molecule has 326 valence electrons. The van der Waals surface area contributed by atoms with Gasteiger partial charge in [-0.15, -0.1) is 0 Å². The highest BCUT2D eigenvalue weighted by Crippen LogP contribution is 2.49. The zero-order chi connectivity index (χ0) is 43.2. The highest BCUT2D eigenvalue weighted by molar-refractivity contribution is 5.91. The number of carbonyl (C=O) groups is 3. The minimum Gasteiger partial charge on any atom is -0.458 e. The zero-order valence-electron chi connectivity index (χ0n) is 36.2. The fourth-order valence-corrected chi connectivity index (χ4v) is 9.07. The van der Waals surface area contributed by atoms with E-state index in [-0.39, 0.29) is 30.3 Å². The lowest BCUT2D eigenvalue weighted by Gasteiger charge is -2.55. The molecule has 3 rings (SSSR count). The van der Waals surface area contributed by atoms with Crippen LogP contribution in [-0.4, -0.2) is 108 Å². The molecule has 57 heavy (non-hydrogen) atoms. The third-order valence-corrected chi connectivity index (χ3v) is 13.5. The van der Waals surface area contributed by atoms with Crippen LogP contribution in [0, 0.1) is 53.3 Å². The van der Waals surface area contributed by atoms with Gasteiger partial charge in [0, 0.05) is 60.3 Å². The predicted octanol–water partition coefficient (Wildman–Crippen LogP) is 4.85. The van der Waals surface area contributed by atoms with E-state index in [0.29, 0.717) is 25.7 Å². The molecule has 3 heterocycles. The molecule has 0 aromatic heterocycles. The number of rotatable bonds is 3. The largest absolute Gasteiger partial charge is 0.458 e. The summed E-state index contributed by atoms with van der Waals surface area (Å²) >= 11 is 0. The van der Waals surface area contributed by atoms with Gasteiger partial charge < -0.3 is 44.8 Å². The summed E-state index contributed by atoms with van der Waals surface area (Å²) in [7, 11) is 0. The second-order valence-electron chi connectivity index (χ2n) is 18.1. The molecule has 0 radical (unpaired) electrons. The number of ether oxygens (including phenoxy) is 3. The first-order valence-corrected chi connectivity index (χ1v) is 21.3. The van der Waals surface area contributed by atoms with Gasteiger partial charge in [0.2, 0.25) is 0 Å². The Balaban J connectivity index is 2.02. The second-order valence-corrected chi connectivity index (χ2v) is 18.1. The van der Waals surface area contributed by atoms with Gasteiger partial charge in [-0.2, -0.15) is 0 Å². The number of esters is 1. The molecule has 1 spiro atoms. The predicted molar refractivity (Wildman–Crippen MR) is 216 cm³/mol. The van der Waals surface area contributed by atoms with Gasteiger partial charge in [-0.05, 0) is 51.4 Å². The van der Waals surface area contributed by atoms with Crippen molar-refractivity contribution in [1.29, 1.82) is 0 Å². The van der Waals surface area contributed by atoms with E-state index in [1.54, 1.807) is 32.9 Å². The summed E-state index contributed by atoms with van der Waals surface area (Å²) in [6, 6.07) is 0. The Morgan fingerprint density at radius 3 is 2.11 bits per heavy atom. The molecule has 12 heteroatoms. The van der Waals surface area contributed by atoms with Gasteiger partial charge in [0.15, 0.2) is 11.6 Å². The molecule has 3 aliphatic rings. The number of hydrogen-bond donors (Lipinski definition) is 6. The van der Waals surface area contributed by atoms with E-state index in [4.69, 9.17) is 14.2 Å². The molecular weight excluding hydrogens is 732 g/mol. The summed E-state index contributed by atoms with van der Waals surface area (Å²) < 4.78 is 19.8. The number of Topliss-reactive ketones (excluding diaryl/α,β-unsaturated/α-hetero) is 2. The van der Waals surface area contributed by atoms with Crippen LogP contribution in [0.15, 0.2) is 36.5 Å². The number of aliphatic hydroxyl groups excluding tert-OH is 5. The molecule has 2 fully saturated rings. The van der Waals surface area contributed by atoms with Crippen LogP contribution in [0.2, 0.25) is 0 Å². The fraction of sp³-hybridized carbons (Fsp3) is 0.800. The summed E-state index contributed by atoms with van der Waals surface area (Å²) in [5.74, 6) is -8.49. The molecule has 12 nitrogen and oxygen atoms in total. The summed E-state index contributed by atoms with van der Waals surface area (Å²) in [5.41, 5.74) is -2.22. The SMILES string of the molecule is CCC1/C=C/C=C/CC(C)C(O)C(C)(O)C(=O)C(C)C(O)C(C)C(=O)C(C)C(O)C(C)/C=C/C(=O)OC2C(C)C(CC1O)OC1(CCC(C)C(CC(C)O)O1)C2C. The molecule has 3 aliphatic heterocycles. The molecule has 19 unspecified atom stereocenters. The smallest absolute Gasteiger partial charge is 0.330 e. The van der Waals surface area contributed by atoms with Crippen molar-refractivity contribution in [2.75, 3.05) is 0 Å². The molecule has 0 saturated carbocycles. The number of carbonyl (C=O) groups excluding carboxylic acids is 3. The van der Waals surface area contributed by atoms with E-state index in [1.165, 1.54) is 39.8 Å². The lowest BCUT2D eigenvalue weighted by Crippen LogP contribution is -2.62. The normalized spacial score (nSPS) is 47.5. The van der Waals surface area contributed by atoms with E-state index < -0.39 is 107 Å². The quantitative estimate of drug-likeness (QED) is 0.212. The van der Waals surface area contributed by atoms with Gasteiger partial charge in [0.1, 0.15) is 17.5 Å². The van der Waals surface area contributed by atoms with Gasteiger partial charge in [-0.3, -0.25) is 9.59 Å². The Morgan fingerprint density at radius 1 is 0.860 bits per heavy atom. The first-order chi connectivity index (χ1) is 26.5. The molecule has 2 bridgehead atoms. The minimum absolute atomic E-state index is 0.164. The topological polar surface area (TPSA) is 200 Å². The third-order valence-electron chi connectivity index (χ3n) is 13.5. The van der Waals surface area contributed by atoms with Crippen molar-refractivity contribution in [3.05, 3.63) is 36.5 Å². The number of fused-ring (bicyclic) bond motifs is 2. The van der Waals surface area contributed by atoms with Crippen molar-refractivity contribution in [2.24, 2.45) is 53.3 Å². The van der Waals surface area contributed by atoms with Crippen molar-refractivity contribution in [3.63, 3.8) is 0 Å². The van der Waals surface area contributed by atoms with Crippen LogP contribution in [0.25, 0.3) is 0 Å². The maximum Gasteiger partial charge on any atom is 0.330 e. The Labute approximate surface area is 340 Å². The first-order valence-electron chi connectivity index (χ1n) is 21.3. The number of allylic oxidation sites excluding steroid dienone is 3. The molecular formula is C45H74O12.